The lowest BCUT2D eigenvalue weighted by Gasteiger charge is -2.39. The minimum Gasteiger partial charge on any atom is -0.462 e. The first-order chi connectivity index (χ1) is 65.8. The number of nitrogens with zero attached hydrogens (tertiary/aromatic N) is 4. The van der Waals surface area contributed by atoms with Crippen LogP contribution in [0.25, 0.3) is 11.1 Å². The van der Waals surface area contributed by atoms with E-state index >= 15 is 0 Å². The van der Waals surface area contributed by atoms with Crippen molar-refractivity contribution in [3.63, 3.8) is 0 Å². The van der Waals surface area contributed by atoms with Crippen molar-refractivity contribution in [1.29, 1.82) is 0 Å². The van der Waals surface area contributed by atoms with Crippen LogP contribution in [0.4, 0.5) is 62.6 Å². The number of fused-ring (bicyclic) bond motifs is 3. The molecule has 0 N–H and O–H groups in total. The highest BCUT2D eigenvalue weighted by atomic mass is 16.5. The lowest BCUT2D eigenvalue weighted by atomic mass is 9.67. The van der Waals surface area contributed by atoms with Gasteiger partial charge in [-0.3, -0.25) is 0 Å². The lowest BCUT2D eigenvalue weighted by Crippen LogP contribution is -2.30. The second kappa shape index (κ2) is 38.1. The van der Waals surface area contributed by atoms with Gasteiger partial charge in [-0.2, -0.15) is 0 Å². The highest BCUT2D eigenvalue weighted by Gasteiger charge is 2.48. The molecule has 12 heteroatoms. The van der Waals surface area contributed by atoms with Gasteiger partial charge in [-0.05, 0) is 258 Å². The molecule has 0 bridgehead atoms. The fraction of sp³-hybridized carbons (Fsp3) is 0.0248. The van der Waals surface area contributed by atoms with Crippen LogP contribution in [-0.4, -0.2) is 0 Å². The highest BCUT2D eigenvalue weighted by molar-refractivity contribution is 5.93. The predicted octanol–water partition coefficient (Wildman–Crippen LogP) is 33.8. The molecule has 19 aromatic rings. The molecular formula is C121H88N4O8. The zero-order chi connectivity index (χ0) is 88.9. The minimum absolute atomic E-state index is 0.621. The Balaban J connectivity index is 0.891. The van der Waals surface area contributed by atoms with Crippen molar-refractivity contribution in [2.75, 3.05) is 19.6 Å². The molecule has 19 aromatic carbocycles. The van der Waals surface area contributed by atoms with E-state index in [1.165, 1.54) is 0 Å². The molecule has 2 aliphatic carbocycles. The van der Waals surface area contributed by atoms with Gasteiger partial charge in [0.05, 0.1) is 5.41 Å². The zero-order valence-corrected chi connectivity index (χ0v) is 72.5. The van der Waals surface area contributed by atoms with Gasteiger partial charge in [0.25, 0.3) is 0 Å². The predicted molar refractivity (Wildman–Crippen MR) is 534 cm³/mol. The van der Waals surface area contributed by atoms with Crippen LogP contribution < -0.4 is 57.5 Å². The summed E-state index contributed by atoms with van der Waals surface area (Å²) >= 11 is 0. The molecule has 21 rings (SSSR count). The normalized spacial score (nSPS) is 12.2. The van der Waals surface area contributed by atoms with Crippen molar-refractivity contribution >= 4 is 62.6 Å². The number of hydrogen-bond acceptors (Lipinski definition) is 12. The van der Waals surface area contributed by atoms with Crippen LogP contribution in [0.5, 0.6) is 86.2 Å². The number of ether oxygens (including phenoxy) is 8. The highest BCUT2D eigenvalue weighted by Crippen LogP contribution is 2.60. The summed E-state index contributed by atoms with van der Waals surface area (Å²) in [6, 6.07) is 170. The third-order valence-electron chi connectivity index (χ3n) is 23.3. The molecule has 133 heavy (non-hydrogen) atoms. The summed E-state index contributed by atoms with van der Waals surface area (Å²) in [7, 11) is 0. The largest absolute Gasteiger partial charge is 0.462 e. The smallest absolute Gasteiger partial charge is 0.129 e. The summed E-state index contributed by atoms with van der Waals surface area (Å²) in [4.78, 5) is 9.30. The Morgan fingerprint density at radius 3 is 0.639 bits per heavy atom. The first-order valence-corrected chi connectivity index (χ1v) is 44.5. The molecule has 0 atom stereocenters. The maximum atomic E-state index is 6.97. The average molecular weight is 1730 g/mol. The van der Waals surface area contributed by atoms with Crippen LogP contribution in [0.3, 0.4) is 0 Å². The molecular weight excluding hydrogens is 1640 g/mol. The molecule has 0 fully saturated rings. The first-order valence-electron chi connectivity index (χ1n) is 44.5. The van der Waals surface area contributed by atoms with E-state index in [4.69, 9.17) is 37.9 Å². The number of benzene rings is 19. The van der Waals surface area contributed by atoms with Gasteiger partial charge in [0.2, 0.25) is 0 Å². The monoisotopic (exact) mass is 1720 g/mol. The van der Waals surface area contributed by atoms with E-state index in [1.807, 2.05) is 285 Å². The second-order valence-electron chi connectivity index (χ2n) is 32.2. The number of para-hydroxylation sites is 8. The van der Waals surface area contributed by atoms with Crippen LogP contribution in [0.2, 0.25) is 0 Å². The Morgan fingerprint density at radius 1 is 0.173 bits per heavy atom. The molecule has 0 aliphatic heterocycles. The fourth-order valence-corrected chi connectivity index (χ4v) is 17.7. The van der Waals surface area contributed by atoms with Crippen LogP contribution in [0.15, 0.2) is 521 Å². The molecule has 0 aromatic heterocycles. The zero-order valence-electron chi connectivity index (χ0n) is 72.5. The van der Waals surface area contributed by atoms with Crippen LogP contribution >= 0.6 is 0 Å². The number of anilines is 11. The van der Waals surface area contributed by atoms with Gasteiger partial charge in [0.1, 0.15) is 92.0 Å². The van der Waals surface area contributed by atoms with Crippen molar-refractivity contribution in [2.45, 2.75) is 18.3 Å². The van der Waals surface area contributed by atoms with E-state index in [0.717, 1.165) is 113 Å². The molecule has 0 saturated heterocycles. The summed E-state index contributed by atoms with van der Waals surface area (Å²) in [5.74, 6) is 10.7. The Bertz CT molecular complexity index is 6860. The van der Waals surface area contributed by atoms with Gasteiger partial charge in [0.15, 0.2) is 0 Å². The van der Waals surface area contributed by atoms with Crippen LogP contribution in [0.1, 0.15) is 35.1 Å². The summed E-state index contributed by atoms with van der Waals surface area (Å²) in [6.07, 6.45) is 5.81. The van der Waals surface area contributed by atoms with Crippen LogP contribution in [0, 0.1) is 0 Å². The third-order valence-corrected chi connectivity index (χ3v) is 23.3. The van der Waals surface area contributed by atoms with E-state index < -0.39 is 5.41 Å². The van der Waals surface area contributed by atoms with Gasteiger partial charge in [-0.15, -0.1) is 0 Å². The molecule has 0 amide bonds. The Labute approximate surface area is 774 Å². The van der Waals surface area contributed by atoms with Gasteiger partial charge in [-0.1, -0.05) is 243 Å². The molecule has 2 aliphatic rings. The van der Waals surface area contributed by atoms with E-state index in [2.05, 4.69) is 244 Å². The van der Waals surface area contributed by atoms with Crippen molar-refractivity contribution in [3.8, 4) is 97.4 Å². The van der Waals surface area contributed by atoms with Gasteiger partial charge >= 0.3 is 0 Å². The lowest BCUT2D eigenvalue weighted by molar-refractivity contribution is 0.401. The maximum Gasteiger partial charge on any atom is 0.129 e. The number of hydrogen-bond donors (Lipinski definition) is 0. The Hall–Kier alpha value is -17.7. The van der Waals surface area contributed by atoms with Crippen LogP contribution in [-0.2, 0) is 5.41 Å². The Kier molecular flexibility index (Phi) is 23.5. The minimum atomic E-state index is -1.31. The van der Waals surface area contributed by atoms with E-state index in [0.29, 0.717) is 93.3 Å². The molecule has 640 valence electrons. The quantitative estimate of drug-likeness (QED) is 0.0430. The standard InChI is InChI=1S/C121H88N4O8/c1-9-45-101(46-10-1)126-109-61-29-37-89(79-109)122(90-38-30-62-110(80-90)127-102-47-11-2-12-48-102)97-73-87(74-98(77-97)123(91-39-31-63-111(81-91)128-103-49-13-3-14-50-103)92-40-32-64-112(82-92)129-104-51-15-4-16-52-104)121(119-71-27-25-69-117(119)118-70-26-28-72-120(118)121)88-75-99(124(93-41-33-65-113(83-93)130-105-53-17-5-18-54-105)94-42-34-66-114(84-94)131-106-55-19-6-20-56-106)78-100(76-88)125(95-43-35-67-115(85-95)132-107-57-21-7-22-58-107)96-44-36-68-116(86-96)133-108-59-23-8-24-60-108/h1-35,37-67,69-86H,36,68H2. The third kappa shape index (κ3) is 18.3. The maximum absolute atomic E-state index is 6.97. The molecule has 0 radical (unpaired) electrons. The summed E-state index contributed by atoms with van der Waals surface area (Å²) < 4.78 is 55.2. The van der Waals surface area contributed by atoms with E-state index in [9.17, 15) is 0 Å². The second-order valence-corrected chi connectivity index (χ2v) is 32.2. The van der Waals surface area contributed by atoms with Crippen molar-refractivity contribution in [1.82, 2.24) is 0 Å². The first kappa shape index (κ1) is 82.2. The summed E-state index contributed by atoms with van der Waals surface area (Å²) in [5.41, 5.74) is 14.1. The van der Waals surface area contributed by atoms with Crippen molar-refractivity contribution in [3.05, 3.63) is 543 Å². The molecule has 12 nitrogen and oxygen atoms in total. The molecule has 0 spiro atoms. The summed E-state index contributed by atoms with van der Waals surface area (Å²) in [5, 5.41) is 0. The molecule has 0 heterocycles. The van der Waals surface area contributed by atoms with Crippen molar-refractivity contribution in [2.24, 2.45) is 0 Å². The van der Waals surface area contributed by atoms with Crippen molar-refractivity contribution < 1.29 is 37.9 Å². The van der Waals surface area contributed by atoms with Gasteiger partial charge in [0, 0.05) is 123 Å². The molecule has 0 saturated carbocycles. The van der Waals surface area contributed by atoms with Gasteiger partial charge in [-0.25, -0.2) is 0 Å². The van der Waals surface area contributed by atoms with E-state index in [1.54, 1.807) is 0 Å². The molecule has 0 unspecified atom stereocenters. The van der Waals surface area contributed by atoms with Gasteiger partial charge < -0.3 is 57.5 Å². The topological polar surface area (TPSA) is 86.8 Å². The number of allylic oxidation sites excluding steroid dienone is 3. The summed E-state index contributed by atoms with van der Waals surface area (Å²) in [6.45, 7) is 0. The average Bonchev–Trinajstić information content (AvgIpc) is 1.49. The Morgan fingerprint density at radius 2 is 0.383 bits per heavy atom. The number of rotatable bonds is 30. The SMILES string of the molecule is C1=C(Oc2ccccc2)CCC=C1N(c1cccc(Oc2ccccc2)c1)c1cc(N(c2cccc(Oc3ccccc3)c2)c2cccc(Oc3ccccc3)c2)cc(C2(c3cc(N(c4cccc(Oc5ccccc5)c4)c4cccc(Oc5ccccc5)c4)cc(N(c4cccc(Oc5ccccc5)c4)c4cccc(Oc5ccccc5)c4)c3)c3ccccc3-c3ccccc32)c1. The fourth-order valence-electron chi connectivity index (χ4n) is 17.7. The van der Waals surface area contributed by atoms with E-state index in [-0.39, 0.29) is 0 Å².